The van der Waals surface area contributed by atoms with E-state index >= 15 is 0 Å². The van der Waals surface area contributed by atoms with Gasteiger partial charge in [0.05, 0.1) is 6.10 Å². The molecule has 2 fully saturated rings. The Labute approximate surface area is 89.3 Å². The van der Waals surface area contributed by atoms with Gasteiger partial charge in [0.2, 0.25) is 0 Å². The van der Waals surface area contributed by atoms with Crippen LogP contribution in [0.2, 0.25) is 0 Å². The molecule has 4 heteroatoms. The standard InChI is InChI=1S/C11H19F2NO/c12-11(13)5-7-14(8-6-11)9-1-3-10(15)4-2-9/h9-10,15H,1-8H2/t9-,10-. The molecule has 0 amide bonds. The maximum atomic E-state index is 12.9. The van der Waals surface area contributed by atoms with Crippen LogP contribution >= 0.6 is 0 Å². The molecular formula is C11H19F2NO. The molecule has 1 saturated heterocycles. The van der Waals surface area contributed by atoms with Crippen molar-refractivity contribution in [2.45, 2.75) is 56.6 Å². The zero-order chi connectivity index (χ0) is 10.9. The monoisotopic (exact) mass is 219 g/mol. The number of rotatable bonds is 1. The van der Waals surface area contributed by atoms with Crippen molar-refractivity contribution in [2.24, 2.45) is 0 Å². The van der Waals surface area contributed by atoms with E-state index in [-0.39, 0.29) is 18.9 Å². The van der Waals surface area contributed by atoms with Crippen molar-refractivity contribution in [1.82, 2.24) is 4.90 Å². The summed E-state index contributed by atoms with van der Waals surface area (Å²) in [6.45, 7) is 1.04. The quantitative estimate of drug-likeness (QED) is 0.729. The molecule has 2 aliphatic rings. The van der Waals surface area contributed by atoms with E-state index in [0.29, 0.717) is 19.1 Å². The molecule has 0 aromatic rings. The van der Waals surface area contributed by atoms with Crippen LogP contribution in [0.4, 0.5) is 8.78 Å². The first-order chi connectivity index (χ1) is 7.07. The van der Waals surface area contributed by atoms with Crippen LogP contribution in [0.3, 0.4) is 0 Å². The lowest BCUT2D eigenvalue weighted by Crippen LogP contribution is -2.46. The molecule has 2 rings (SSSR count). The van der Waals surface area contributed by atoms with Gasteiger partial charge in [0.25, 0.3) is 5.92 Å². The molecule has 0 spiro atoms. The molecular weight excluding hydrogens is 200 g/mol. The van der Waals surface area contributed by atoms with E-state index in [4.69, 9.17) is 0 Å². The molecule has 1 aliphatic carbocycles. The van der Waals surface area contributed by atoms with Gasteiger partial charge in [-0.25, -0.2) is 8.78 Å². The molecule has 1 heterocycles. The van der Waals surface area contributed by atoms with Crippen molar-refractivity contribution in [1.29, 1.82) is 0 Å². The van der Waals surface area contributed by atoms with E-state index in [9.17, 15) is 13.9 Å². The van der Waals surface area contributed by atoms with Gasteiger partial charge in [-0.1, -0.05) is 0 Å². The van der Waals surface area contributed by atoms with Crippen molar-refractivity contribution in [3.05, 3.63) is 0 Å². The van der Waals surface area contributed by atoms with Crippen molar-refractivity contribution >= 4 is 0 Å². The maximum Gasteiger partial charge on any atom is 0.250 e. The molecule has 15 heavy (non-hydrogen) atoms. The van der Waals surface area contributed by atoms with Crippen molar-refractivity contribution in [2.75, 3.05) is 13.1 Å². The van der Waals surface area contributed by atoms with Crippen LogP contribution in [0.15, 0.2) is 0 Å². The summed E-state index contributed by atoms with van der Waals surface area (Å²) in [4.78, 5) is 2.18. The van der Waals surface area contributed by atoms with E-state index in [0.717, 1.165) is 25.7 Å². The third-order valence-corrected chi connectivity index (χ3v) is 3.71. The van der Waals surface area contributed by atoms with Crippen LogP contribution in [0.25, 0.3) is 0 Å². The van der Waals surface area contributed by atoms with Gasteiger partial charge in [-0.2, -0.15) is 0 Å². The molecule has 0 bridgehead atoms. The highest BCUT2D eigenvalue weighted by molar-refractivity contribution is 4.85. The summed E-state index contributed by atoms with van der Waals surface area (Å²) >= 11 is 0. The van der Waals surface area contributed by atoms with Crippen LogP contribution in [0.1, 0.15) is 38.5 Å². The predicted molar refractivity (Wildman–Crippen MR) is 54.0 cm³/mol. The molecule has 0 radical (unpaired) electrons. The number of nitrogens with zero attached hydrogens (tertiary/aromatic N) is 1. The highest BCUT2D eigenvalue weighted by Gasteiger charge is 2.36. The van der Waals surface area contributed by atoms with Gasteiger partial charge >= 0.3 is 0 Å². The summed E-state index contributed by atoms with van der Waals surface area (Å²) in [6.07, 6.45) is 3.44. The van der Waals surface area contributed by atoms with Gasteiger partial charge in [0.1, 0.15) is 0 Å². The number of likely N-dealkylation sites (tertiary alicyclic amines) is 1. The molecule has 1 saturated carbocycles. The number of hydrogen-bond donors (Lipinski definition) is 1. The van der Waals surface area contributed by atoms with Gasteiger partial charge in [-0.3, -0.25) is 4.90 Å². The normalized spacial score (nSPS) is 37.8. The lowest BCUT2D eigenvalue weighted by atomic mass is 9.90. The van der Waals surface area contributed by atoms with E-state index in [1.807, 2.05) is 0 Å². The minimum absolute atomic E-state index is 0.00601. The Morgan fingerprint density at radius 3 is 2.07 bits per heavy atom. The summed E-state index contributed by atoms with van der Waals surface area (Å²) in [5.41, 5.74) is 0. The lowest BCUT2D eigenvalue weighted by molar-refractivity contribution is -0.0684. The first-order valence-corrected chi connectivity index (χ1v) is 5.87. The topological polar surface area (TPSA) is 23.5 Å². The Morgan fingerprint density at radius 2 is 1.53 bits per heavy atom. The average Bonchev–Trinajstić information content (AvgIpc) is 2.20. The fourth-order valence-corrected chi connectivity index (χ4v) is 2.64. The molecule has 1 N–H and O–H groups in total. The number of alkyl halides is 2. The van der Waals surface area contributed by atoms with E-state index < -0.39 is 5.92 Å². The second-order valence-electron chi connectivity index (χ2n) is 4.85. The predicted octanol–water partition coefficient (Wildman–Crippen LogP) is 2.02. The summed E-state index contributed by atoms with van der Waals surface area (Å²) in [6, 6.07) is 0.435. The fraction of sp³-hybridized carbons (Fsp3) is 1.00. The fourth-order valence-electron chi connectivity index (χ4n) is 2.64. The molecule has 2 nitrogen and oxygen atoms in total. The second kappa shape index (κ2) is 4.34. The Hall–Kier alpha value is -0.220. The molecule has 1 aliphatic heterocycles. The molecule has 0 aromatic carbocycles. The van der Waals surface area contributed by atoms with Crippen LogP contribution in [-0.4, -0.2) is 41.2 Å². The number of halogens is 2. The van der Waals surface area contributed by atoms with Crippen LogP contribution in [-0.2, 0) is 0 Å². The van der Waals surface area contributed by atoms with Gasteiger partial charge in [-0.15, -0.1) is 0 Å². The molecule has 0 atom stereocenters. The highest BCUT2D eigenvalue weighted by Crippen LogP contribution is 2.31. The summed E-state index contributed by atoms with van der Waals surface area (Å²) in [5.74, 6) is -2.44. The van der Waals surface area contributed by atoms with Gasteiger partial charge < -0.3 is 5.11 Å². The van der Waals surface area contributed by atoms with Crippen LogP contribution < -0.4 is 0 Å². The van der Waals surface area contributed by atoms with Gasteiger partial charge in [0, 0.05) is 32.0 Å². The molecule has 0 unspecified atom stereocenters. The summed E-state index contributed by atoms with van der Waals surface area (Å²) in [5, 5.41) is 9.37. The Bertz CT molecular complexity index is 205. The Morgan fingerprint density at radius 1 is 1.00 bits per heavy atom. The van der Waals surface area contributed by atoms with Crippen molar-refractivity contribution in [3.8, 4) is 0 Å². The summed E-state index contributed by atoms with van der Waals surface area (Å²) in [7, 11) is 0. The largest absolute Gasteiger partial charge is 0.393 e. The highest BCUT2D eigenvalue weighted by atomic mass is 19.3. The van der Waals surface area contributed by atoms with E-state index in [1.165, 1.54) is 0 Å². The maximum absolute atomic E-state index is 12.9. The number of hydrogen-bond acceptors (Lipinski definition) is 2. The van der Waals surface area contributed by atoms with Crippen LogP contribution in [0, 0.1) is 0 Å². The molecule has 88 valence electrons. The van der Waals surface area contributed by atoms with Gasteiger partial charge in [0.15, 0.2) is 0 Å². The zero-order valence-corrected chi connectivity index (χ0v) is 8.96. The zero-order valence-electron chi connectivity index (χ0n) is 8.96. The second-order valence-corrected chi connectivity index (χ2v) is 4.85. The third kappa shape index (κ3) is 2.88. The van der Waals surface area contributed by atoms with Crippen molar-refractivity contribution < 1.29 is 13.9 Å². The smallest absolute Gasteiger partial charge is 0.250 e. The van der Waals surface area contributed by atoms with E-state index in [1.54, 1.807) is 0 Å². The Balaban J connectivity index is 1.80. The summed E-state index contributed by atoms with van der Waals surface area (Å²) < 4.78 is 25.9. The molecule has 0 aromatic heterocycles. The third-order valence-electron chi connectivity index (χ3n) is 3.71. The Kier molecular flexibility index (Phi) is 3.26. The number of aliphatic hydroxyl groups excluding tert-OH is 1. The van der Waals surface area contributed by atoms with Gasteiger partial charge in [-0.05, 0) is 25.7 Å². The number of aliphatic hydroxyl groups is 1. The first kappa shape index (κ1) is 11.3. The first-order valence-electron chi connectivity index (χ1n) is 5.87. The van der Waals surface area contributed by atoms with E-state index in [2.05, 4.69) is 4.90 Å². The van der Waals surface area contributed by atoms with Crippen LogP contribution in [0.5, 0.6) is 0 Å². The minimum Gasteiger partial charge on any atom is -0.393 e. The lowest BCUT2D eigenvalue weighted by Gasteiger charge is -2.39. The SMILES string of the molecule is O[C@H]1CC[C@H](N2CCC(F)(F)CC2)CC1. The minimum atomic E-state index is -2.44. The number of piperidine rings is 1. The average molecular weight is 219 g/mol. The van der Waals surface area contributed by atoms with Crippen molar-refractivity contribution in [3.63, 3.8) is 0 Å².